The summed E-state index contributed by atoms with van der Waals surface area (Å²) in [4.78, 5) is 16.6. The minimum atomic E-state index is -0.0890. The van der Waals surface area contributed by atoms with E-state index in [1.54, 1.807) is 12.1 Å². The minimum absolute atomic E-state index is 0.0890. The molecule has 0 aliphatic rings. The van der Waals surface area contributed by atoms with Gasteiger partial charge >= 0.3 is 0 Å². The van der Waals surface area contributed by atoms with E-state index in [0.29, 0.717) is 10.0 Å². The molecule has 24 heavy (non-hydrogen) atoms. The first kappa shape index (κ1) is 17.0. The van der Waals surface area contributed by atoms with Crippen molar-refractivity contribution in [2.24, 2.45) is 0 Å². The predicted molar refractivity (Wildman–Crippen MR) is 101 cm³/mol. The summed E-state index contributed by atoms with van der Waals surface area (Å²) in [5.41, 5.74) is 3.61. The van der Waals surface area contributed by atoms with Crippen molar-refractivity contribution in [2.45, 2.75) is 13.3 Å². The number of hydrogen-bond donors (Lipinski definition) is 1. The number of nitrogens with one attached hydrogen (secondary N) is 1. The Morgan fingerprint density at radius 3 is 2.58 bits per heavy atom. The van der Waals surface area contributed by atoms with E-state index in [0.717, 1.165) is 27.5 Å². The summed E-state index contributed by atoms with van der Waals surface area (Å²) >= 11 is 13.4. The molecule has 6 heteroatoms. The highest BCUT2D eigenvalue weighted by Gasteiger charge is 2.10. The summed E-state index contributed by atoms with van der Waals surface area (Å²) in [6.45, 7) is 2.01. The summed E-state index contributed by atoms with van der Waals surface area (Å²) in [6.07, 6.45) is 0.236. The molecule has 1 N–H and O–H groups in total. The Morgan fingerprint density at radius 1 is 1.12 bits per heavy atom. The van der Waals surface area contributed by atoms with Crippen LogP contribution in [0.5, 0.6) is 0 Å². The quantitative estimate of drug-likeness (QED) is 0.642. The predicted octanol–water partition coefficient (Wildman–Crippen LogP) is 5.61. The molecule has 1 aromatic heterocycles. The van der Waals surface area contributed by atoms with Gasteiger partial charge in [0.25, 0.3) is 0 Å². The zero-order valence-electron chi connectivity index (χ0n) is 12.8. The molecule has 0 unspecified atom stereocenters. The van der Waals surface area contributed by atoms with Crippen molar-refractivity contribution in [3.05, 3.63) is 68.5 Å². The molecule has 1 amide bonds. The van der Waals surface area contributed by atoms with E-state index in [-0.39, 0.29) is 12.3 Å². The summed E-state index contributed by atoms with van der Waals surface area (Å²) in [6, 6.07) is 13.1. The maximum Gasteiger partial charge on any atom is 0.231 e. The first-order valence-corrected chi connectivity index (χ1v) is 8.91. The maximum absolute atomic E-state index is 12.1. The minimum Gasteiger partial charge on any atom is -0.326 e. The van der Waals surface area contributed by atoms with Crippen LogP contribution in [0.3, 0.4) is 0 Å². The number of aryl methyl sites for hydroxylation is 1. The smallest absolute Gasteiger partial charge is 0.231 e. The fourth-order valence-electron chi connectivity index (χ4n) is 2.16. The number of nitrogens with zero attached hydrogens (tertiary/aromatic N) is 1. The van der Waals surface area contributed by atoms with Gasteiger partial charge < -0.3 is 5.32 Å². The van der Waals surface area contributed by atoms with Crippen molar-refractivity contribution in [3.8, 4) is 11.3 Å². The Hall–Kier alpha value is -1.88. The number of amides is 1. The standard InChI is InChI=1S/C18H14Cl2N2OS/c1-11-2-5-13(6-3-11)21-17(23)9-18-22-16(10-24-18)12-4-7-14(19)15(20)8-12/h2-8,10H,9H2,1H3,(H,21,23). The van der Waals surface area contributed by atoms with E-state index >= 15 is 0 Å². The van der Waals surface area contributed by atoms with Gasteiger partial charge in [-0.3, -0.25) is 4.79 Å². The second-order valence-electron chi connectivity index (χ2n) is 5.35. The van der Waals surface area contributed by atoms with Gasteiger partial charge in [-0.05, 0) is 31.2 Å². The van der Waals surface area contributed by atoms with Crippen molar-refractivity contribution in [1.29, 1.82) is 0 Å². The fraction of sp³-hybridized carbons (Fsp3) is 0.111. The number of rotatable bonds is 4. The topological polar surface area (TPSA) is 42.0 Å². The number of carbonyl (C=O) groups is 1. The first-order valence-electron chi connectivity index (χ1n) is 7.27. The molecule has 0 saturated carbocycles. The van der Waals surface area contributed by atoms with Crippen LogP contribution in [0.15, 0.2) is 47.8 Å². The number of thiazole rings is 1. The molecule has 3 nitrogen and oxygen atoms in total. The zero-order chi connectivity index (χ0) is 17.1. The lowest BCUT2D eigenvalue weighted by Crippen LogP contribution is -2.14. The molecule has 3 rings (SSSR count). The SMILES string of the molecule is Cc1ccc(NC(=O)Cc2nc(-c3ccc(Cl)c(Cl)c3)cs2)cc1. The third-order valence-corrected chi connectivity index (χ3v) is 5.00. The number of halogens is 2. The van der Waals surface area contributed by atoms with E-state index in [1.807, 2.05) is 42.6 Å². The van der Waals surface area contributed by atoms with Crippen LogP contribution in [-0.4, -0.2) is 10.9 Å². The van der Waals surface area contributed by atoms with Crippen LogP contribution in [0.25, 0.3) is 11.3 Å². The Labute approximate surface area is 154 Å². The molecule has 2 aromatic carbocycles. The zero-order valence-corrected chi connectivity index (χ0v) is 15.2. The highest BCUT2D eigenvalue weighted by molar-refractivity contribution is 7.10. The van der Waals surface area contributed by atoms with Crippen molar-refractivity contribution in [2.75, 3.05) is 5.32 Å². The summed E-state index contributed by atoms with van der Waals surface area (Å²) in [7, 11) is 0. The van der Waals surface area contributed by atoms with Gasteiger partial charge in [-0.1, -0.05) is 47.0 Å². The average molecular weight is 377 g/mol. The molecule has 0 spiro atoms. The third-order valence-electron chi connectivity index (χ3n) is 3.41. The van der Waals surface area contributed by atoms with Crippen LogP contribution in [-0.2, 0) is 11.2 Å². The fourth-order valence-corrected chi connectivity index (χ4v) is 3.26. The Balaban J connectivity index is 1.68. The van der Waals surface area contributed by atoms with Crippen LogP contribution < -0.4 is 5.32 Å². The second kappa shape index (κ2) is 7.34. The second-order valence-corrected chi connectivity index (χ2v) is 7.10. The number of benzene rings is 2. The lowest BCUT2D eigenvalue weighted by Gasteiger charge is -2.04. The largest absolute Gasteiger partial charge is 0.326 e. The number of aromatic nitrogens is 1. The van der Waals surface area contributed by atoms with E-state index in [9.17, 15) is 4.79 Å². The summed E-state index contributed by atoms with van der Waals surface area (Å²) in [5, 5.41) is 6.53. The molecule has 3 aromatic rings. The first-order chi connectivity index (χ1) is 11.5. The van der Waals surface area contributed by atoms with E-state index in [2.05, 4.69) is 10.3 Å². The Kier molecular flexibility index (Phi) is 5.19. The number of anilines is 1. The molecular weight excluding hydrogens is 363 g/mol. The Morgan fingerprint density at radius 2 is 1.88 bits per heavy atom. The van der Waals surface area contributed by atoms with Gasteiger partial charge in [-0.25, -0.2) is 4.98 Å². The number of hydrogen-bond acceptors (Lipinski definition) is 3. The lowest BCUT2D eigenvalue weighted by molar-refractivity contribution is -0.115. The van der Waals surface area contributed by atoms with Crippen molar-refractivity contribution < 1.29 is 4.79 Å². The molecule has 0 bridgehead atoms. The monoisotopic (exact) mass is 376 g/mol. The third kappa shape index (κ3) is 4.15. The highest BCUT2D eigenvalue weighted by atomic mass is 35.5. The molecule has 0 aliphatic heterocycles. The van der Waals surface area contributed by atoms with Crippen LogP contribution in [0, 0.1) is 6.92 Å². The lowest BCUT2D eigenvalue weighted by atomic mass is 10.2. The van der Waals surface area contributed by atoms with Gasteiger partial charge in [0.1, 0.15) is 5.01 Å². The van der Waals surface area contributed by atoms with Gasteiger partial charge in [0.05, 0.1) is 22.2 Å². The van der Waals surface area contributed by atoms with E-state index in [1.165, 1.54) is 11.3 Å². The maximum atomic E-state index is 12.1. The van der Waals surface area contributed by atoms with Crippen molar-refractivity contribution in [3.63, 3.8) is 0 Å². The normalized spacial score (nSPS) is 10.6. The molecule has 0 radical (unpaired) electrons. The van der Waals surface area contributed by atoms with Crippen molar-refractivity contribution in [1.82, 2.24) is 4.98 Å². The number of carbonyl (C=O) groups excluding carboxylic acids is 1. The van der Waals surface area contributed by atoms with Crippen molar-refractivity contribution >= 4 is 46.1 Å². The van der Waals surface area contributed by atoms with Gasteiger partial charge in [-0.2, -0.15) is 0 Å². The molecule has 1 heterocycles. The molecular formula is C18H14Cl2N2OS. The van der Waals surface area contributed by atoms with Crippen LogP contribution in [0.2, 0.25) is 10.0 Å². The molecule has 0 aliphatic carbocycles. The van der Waals surface area contributed by atoms with E-state index in [4.69, 9.17) is 23.2 Å². The molecule has 0 saturated heterocycles. The van der Waals surface area contributed by atoms with E-state index < -0.39 is 0 Å². The van der Waals surface area contributed by atoms with Gasteiger partial charge in [0.2, 0.25) is 5.91 Å². The van der Waals surface area contributed by atoms with Crippen LogP contribution in [0.4, 0.5) is 5.69 Å². The summed E-state index contributed by atoms with van der Waals surface area (Å²) < 4.78 is 0. The van der Waals surface area contributed by atoms with Crippen LogP contribution >= 0.6 is 34.5 Å². The highest BCUT2D eigenvalue weighted by Crippen LogP contribution is 2.29. The molecule has 0 atom stereocenters. The van der Waals surface area contributed by atoms with Gasteiger partial charge in [-0.15, -0.1) is 11.3 Å². The summed E-state index contributed by atoms with van der Waals surface area (Å²) in [5.74, 6) is -0.0890. The molecule has 122 valence electrons. The van der Waals surface area contributed by atoms with Gasteiger partial charge in [0, 0.05) is 16.6 Å². The Bertz CT molecular complexity index is 875. The molecule has 0 fully saturated rings. The van der Waals surface area contributed by atoms with Crippen LogP contribution in [0.1, 0.15) is 10.6 Å². The average Bonchev–Trinajstić information content (AvgIpc) is 3.00. The van der Waals surface area contributed by atoms with Gasteiger partial charge in [0.15, 0.2) is 0 Å².